The smallest absolute Gasteiger partial charge is 0.193 e. The van der Waals surface area contributed by atoms with E-state index in [0.717, 1.165) is 24.7 Å². The van der Waals surface area contributed by atoms with Crippen LogP contribution in [0, 0.1) is 0 Å². The molecule has 0 spiro atoms. The maximum absolute atomic E-state index is 5.71. The summed E-state index contributed by atoms with van der Waals surface area (Å²) < 4.78 is 7.59. The molecule has 1 heterocycles. The fraction of sp³-hybridized carbons (Fsp3) is 0.545. The van der Waals surface area contributed by atoms with E-state index < -0.39 is 0 Å². The number of halogens is 1. The monoisotopic (exact) mass is 513 g/mol. The molecule has 2 rings (SSSR count). The molecule has 6 nitrogen and oxygen atoms in total. The Labute approximate surface area is 192 Å². The average molecular weight is 513 g/mol. The molecule has 0 bridgehead atoms. The van der Waals surface area contributed by atoms with Crippen LogP contribution in [0.1, 0.15) is 56.0 Å². The largest absolute Gasteiger partial charge is 0.374 e. The highest BCUT2D eigenvalue weighted by atomic mass is 127. The predicted molar refractivity (Wildman–Crippen MR) is 131 cm³/mol. The van der Waals surface area contributed by atoms with Crippen molar-refractivity contribution in [1.82, 2.24) is 20.0 Å². The molecule has 0 radical (unpaired) electrons. The number of aliphatic imine (C=N–C) groups is 1. The van der Waals surface area contributed by atoms with Gasteiger partial charge in [-0.2, -0.15) is 5.10 Å². The summed E-state index contributed by atoms with van der Waals surface area (Å²) in [6, 6.07) is 8.48. The lowest BCUT2D eigenvalue weighted by Crippen LogP contribution is -2.38. The molecule has 0 atom stereocenters. The Morgan fingerprint density at radius 1 is 1.24 bits per heavy atom. The molecular weight excluding hydrogens is 477 g/mol. The van der Waals surface area contributed by atoms with Crippen LogP contribution in [0.3, 0.4) is 0 Å². The fourth-order valence-corrected chi connectivity index (χ4v) is 3.15. The van der Waals surface area contributed by atoms with Gasteiger partial charge in [0, 0.05) is 46.0 Å². The van der Waals surface area contributed by atoms with Crippen LogP contribution in [-0.4, -0.2) is 40.8 Å². The Morgan fingerprint density at radius 2 is 1.93 bits per heavy atom. The van der Waals surface area contributed by atoms with E-state index in [1.165, 1.54) is 16.7 Å². The summed E-state index contributed by atoms with van der Waals surface area (Å²) in [5.74, 6) is 1.26. The van der Waals surface area contributed by atoms with Crippen LogP contribution in [0.2, 0.25) is 0 Å². The predicted octanol–water partition coefficient (Wildman–Crippen LogP) is 4.29. The van der Waals surface area contributed by atoms with Gasteiger partial charge in [0.15, 0.2) is 5.96 Å². The molecule has 0 unspecified atom stereocenters. The number of hydrogen-bond donors (Lipinski definition) is 1. The van der Waals surface area contributed by atoms with E-state index >= 15 is 0 Å². The van der Waals surface area contributed by atoms with E-state index in [0.29, 0.717) is 12.5 Å². The van der Waals surface area contributed by atoms with Gasteiger partial charge >= 0.3 is 0 Å². The Hall–Kier alpha value is -1.61. The van der Waals surface area contributed by atoms with Gasteiger partial charge in [-0.3, -0.25) is 9.67 Å². The lowest BCUT2D eigenvalue weighted by Gasteiger charge is -2.22. The van der Waals surface area contributed by atoms with E-state index in [1.54, 1.807) is 0 Å². The summed E-state index contributed by atoms with van der Waals surface area (Å²) in [5, 5.41) is 8.06. The van der Waals surface area contributed by atoms with Gasteiger partial charge in [-0.25, -0.2) is 0 Å². The van der Waals surface area contributed by atoms with Gasteiger partial charge in [0.1, 0.15) is 0 Å². The van der Waals surface area contributed by atoms with Gasteiger partial charge in [-0.15, -0.1) is 24.0 Å². The lowest BCUT2D eigenvalue weighted by atomic mass is 10.1. The Bertz CT molecular complexity index is 785. The normalized spacial score (nSPS) is 11.7. The van der Waals surface area contributed by atoms with Crippen molar-refractivity contribution >= 4 is 29.9 Å². The SMILES string of the molecule is CN=C(NCc1cccc(COC(C)C)c1)N(C)Cc1cn(C)nc1C(C)C.I. The summed E-state index contributed by atoms with van der Waals surface area (Å²) in [5.41, 5.74) is 4.77. The second-order valence-electron chi connectivity index (χ2n) is 7.80. The number of rotatable bonds is 8. The molecule has 162 valence electrons. The molecule has 0 saturated heterocycles. The zero-order chi connectivity index (χ0) is 20.7. The quantitative estimate of drug-likeness (QED) is 0.325. The summed E-state index contributed by atoms with van der Waals surface area (Å²) in [7, 11) is 5.84. The van der Waals surface area contributed by atoms with Crippen LogP contribution >= 0.6 is 24.0 Å². The highest BCUT2D eigenvalue weighted by Gasteiger charge is 2.15. The van der Waals surface area contributed by atoms with Crippen molar-refractivity contribution in [3.8, 4) is 0 Å². The number of benzene rings is 1. The van der Waals surface area contributed by atoms with Crippen molar-refractivity contribution in [2.45, 2.75) is 59.4 Å². The van der Waals surface area contributed by atoms with Gasteiger partial charge in [0.05, 0.1) is 18.4 Å². The minimum absolute atomic E-state index is 0. The molecule has 2 aromatic rings. The molecule has 1 aromatic carbocycles. The first-order valence-corrected chi connectivity index (χ1v) is 9.93. The van der Waals surface area contributed by atoms with E-state index in [1.807, 2.05) is 18.8 Å². The molecule has 0 aliphatic heterocycles. The van der Waals surface area contributed by atoms with Crippen LogP contribution in [-0.2, 0) is 31.5 Å². The van der Waals surface area contributed by atoms with E-state index in [-0.39, 0.29) is 30.1 Å². The van der Waals surface area contributed by atoms with Crippen LogP contribution in [0.25, 0.3) is 0 Å². The average Bonchev–Trinajstić information content (AvgIpc) is 3.01. The van der Waals surface area contributed by atoms with Crippen molar-refractivity contribution in [1.29, 1.82) is 0 Å². The van der Waals surface area contributed by atoms with E-state index in [2.05, 4.69) is 85.5 Å². The second kappa shape index (κ2) is 12.2. The molecule has 7 heteroatoms. The molecule has 1 N–H and O–H groups in total. The van der Waals surface area contributed by atoms with Crippen molar-refractivity contribution in [3.05, 3.63) is 52.8 Å². The summed E-state index contributed by atoms with van der Waals surface area (Å²) >= 11 is 0. The lowest BCUT2D eigenvalue weighted by molar-refractivity contribution is 0.0657. The topological polar surface area (TPSA) is 54.7 Å². The van der Waals surface area contributed by atoms with Crippen LogP contribution in [0.4, 0.5) is 0 Å². The number of nitrogens with one attached hydrogen (secondary N) is 1. The first kappa shape index (κ1) is 25.4. The van der Waals surface area contributed by atoms with Crippen molar-refractivity contribution < 1.29 is 4.74 Å². The molecular formula is C22H36IN5O. The molecule has 0 amide bonds. The fourth-order valence-electron chi connectivity index (χ4n) is 3.15. The first-order valence-electron chi connectivity index (χ1n) is 9.93. The molecule has 0 saturated carbocycles. The Balaban J connectivity index is 0.00000420. The Morgan fingerprint density at radius 3 is 2.55 bits per heavy atom. The van der Waals surface area contributed by atoms with Gasteiger partial charge in [0.2, 0.25) is 0 Å². The minimum Gasteiger partial charge on any atom is -0.374 e. The van der Waals surface area contributed by atoms with Gasteiger partial charge < -0.3 is 15.0 Å². The molecule has 29 heavy (non-hydrogen) atoms. The summed E-state index contributed by atoms with van der Waals surface area (Å²) in [6.07, 6.45) is 2.33. The van der Waals surface area contributed by atoms with Crippen molar-refractivity contribution in [2.75, 3.05) is 14.1 Å². The van der Waals surface area contributed by atoms with E-state index in [4.69, 9.17) is 4.74 Å². The van der Waals surface area contributed by atoms with Gasteiger partial charge in [-0.1, -0.05) is 38.1 Å². The third kappa shape index (κ3) is 7.97. The first-order chi connectivity index (χ1) is 13.3. The maximum Gasteiger partial charge on any atom is 0.193 e. The van der Waals surface area contributed by atoms with Crippen LogP contribution < -0.4 is 5.32 Å². The number of nitrogens with zero attached hydrogens (tertiary/aromatic N) is 4. The third-order valence-corrected chi connectivity index (χ3v) is 4.49. The second-order valence-corrected chi connectivity index (χ2v) is 7.80. The summed E-state index contributed by atoms with van der Waals surface area (Å²) in [4.78, 5) is 6.58. The third-order valence-electron chi connectivity index (χ3n) is 4.49. The molecule has 0 fully saturated rings. The Kier molecular flexibility index (Phi) is 10.7. The highest BCUT2D eigenvalue weighted by molar-refractivity contribution is 14.0. The maximum atomic E-state index is 5.71. The zero-order valence-electron chi connectivity index (χ0n) is 18.8. The molecule has 0 aliphatic rings. The molecule has 1 aromatic heterocycles. The van der Waals surface area contributed by atoms with Crippen molar-refractivity contribution in [2.24, 2.45) is 12.0 Å². The van der Waals surface area contributed by atoms with E-state index in [9.17, 15) is 0 Å². The summed E-state index contributed by atoms with van der Waals surface area (Å²) in [6.45, 7) is 10.6. The van der Waals surface area contributed by atoms with Crippen LogP contribution in [0.5, 0.6) is 0 Å². The standard InChI is InChI=1S/C22H35N5O.HI/c1-16(2)21-20(14-27(7)25-21)13-26(6)22(23-5)24-12-18-9-8-10-19(11-18)15-28-17(3)4;/h8-11,14,16-17H,12-13,15H2,1-7H3,(H,23,24);1H. The zero-order valence-corrected chi connectivity index (χ0v) is 21.1. The van der Waals surface area contributed by atoms with Crippen LogP contribution in [0.15, 0.2) is 35.5 Å². The number of ether oxygens (including phenoxy) is 1. The van der Waals surface area contributed by atoms with Crippen molar-refractivity contribution in [3.63, 3.8) is 0 Å². The number of guanidine groups is 1. The molecule has 0 aliphatic carbocycles. The van der Waals surface area contributed by atoms with Gasteiger partial charge in [0.25, 0.3) is 0 Å². The number of aromatic nitrogens is 2. The highest BCUT2D eigenvalue weighted by Crippen LogP contribution is 2.18. The minimum atomic E-state index is 0. The number of hydrogen-bond acceptors (Lipinski definition) is 3. The van der Waals surface area contributed by atoms with Gasteiger partial charge in [-0.05, 0) is 30.9 Å². The number of aryl methyl sites for hydroxylation is 1.